The van der Waals surface area contributed by atoms with Gasteiger partial charge in [0.2, 0.25) is 0 Å². The number of Topliss-reactive ketones (excluding diaryl/α,β-unsaturated/α-hetero) is 1. The number of para-hydroxylation sites is 1. The van der Waals surface area contributed by atoms with Crippen molar-refractivity contribution >= 4 is 115 Å². The average Bonchev–Trinajstić information content (AvgIpc) is 1.70. The molecule has 0 spiro atoms. The van der Waals surface area contributed by atoms with Crippen LogP contribution in [-0.4, -0.2) is 241 Å². The van der Waals surface area contributed by atoms with Crippen LogP contribution in [0.4, 0.5) is 83.5 Å². The maximum absolute atomic E-state index is 12.4. The normalized spacial score (nSPS) is 15.3. The number of rotatable bonds is 10. The van der Waals surface area contributed by atoms with Crippen molar-refractivity contribution in [3.63, 3.8) is 0 Å². The first kappa shape index (κ1) is 123. The Balaban J connectivity index is 0.00000155. The van der Waals surface area contributed by atoms with E-state index < -0.39 is 108 Å². The zero-order valence-corrected chi connectivity index (χ0v) is 84.4. The third-order valence-corrected chi connectivity index (χ3v) is 21.1. The van der Waals surface area contributed by atoms with Gasteiger partial charge in [-0.25, -0.2) is 28.8 Å². The second-order valence-corrected chi connectivity index (χ2v) is 39.6. The number of sulfonamides is 2. The van der Waals surface area contributed by atoms with Crippen LogP contribution in [0, 0.1) is 30.3 Å². The molecule has 0 bridgehead atoms. The molecule has 5 aromatic rings. The number of aliphatic hydroxyl groups is 2. The van der Waals surface area contributed by atoms with Crippen molar-refractivity contribution in [1.29, 1.82) is 0 Å². The maximum Gasteiger partial charge on any atom is 0.517 e. The zero-order chi connectivity index (χ0) is 101. The number of carbonyl (C=O) groups excluding carboxylic acids is 7. The Bertz CT molecular complexity index is 5210. The minimum Gasteiger partial charge on any atom is -0.511 e. The van der Waals surface area contributed by atoms with Gasteiger partial charge in [-0.2, -0.15) is 43.2 Å². The van der Waals surface area contributed by atoms with Gasteiger partial charge in [-0.1, -0.05) is 48.5 Å². The van der Waals surface area contributed by atoms with Gasteiger partial charge >= 0.3 is 74.7 Å². The van der Waals surface area contributed by atoms with E-state index in [0.29, 0.717) is 76.6 Å². The Labute approximate surface area is 830 Å². The van der Waals surface area contributed by atoms with Gasteiger partial charge in [0.1, 0.15) is 45.1 Å². The van der Waals surface area contributed by atoms with Gasteiger partial charge in [0.05, 0.1) is 33.5 Å². The monoisotopic (exact) mass is 2130 g/mol. The van der Waals surface area contributed by atoms with E-state index in [4.69, 9.17) is 54.4 Å². The van der Waals surface area contributed by atoms with E-state index in [1.165, 1.54) is 79.9 Å². The van der Waals surface area contributed by atoms with Crippen LogP contribution in [0.15, 0.2) is 163 Å². The van der Waals surface area contributed by atoms with Crippen LogP contribution < -0.4 is 14.9 Å². The Morgan fingerprint density at radius 2 is 0.809 bits per heavy atom. The SMILES string of the molecule is CC(C)(C)OC(=O)N1C=C(O)CC1.CC(C)(C)OC(=O)N1C=C(c2ccc([N+](=O)[O-])cc2)CC1.CC(C)(C)OC(=O)N1CC=C(O)C1.CC(C)(C)OC(=O)N1CC=C(c2ccc([N+](=O)[O-])cc2)C1.CC(C)(C)OC(=O)N1CCC(=O)C1.CC(C)(C)OC(=O)N1CCC(c2ccc(N)cc2)C1.O=S(=O)(N(c1ccccc1)S(=O)(=O)C(F)(F)F)C(F)(F)F.O=[N+]([O-])c1ccc(B(O)O)cc1.[HH].[Pd].[Ti].[Ti]. The molecule has 136 heavy (non-hydrogen) atoms. The first-order valence-corrected chi connectivity index (χ1v) is 43.8. The number of nitro benzene ring substituents is 3. The van der Waals surface area contributed by atoms with Gasteiger partial charge in [-0.05, 0) is 225 Å². The third-order valence-electron chi connectivity index (χ3n) is 17.4. The first-order valence-electron chi connectivity index (χ1n) is 40.9. The molecule has 0 saturated carbocycles. The number of halogens is 6. The van der Waals surface area contributed by atoms with Crippen molar-refractivity contribution in [2.75, 3.05) is 74.9 Å². The van der Waals surface area contributed by atoms with Crippen molar-refractivity contribution in [1.82, 2.24) is 29.4 Å². The van der Waals surface area contributed by atoms with Crippen molar-refractivity contribution in [3.05, 3.63) is 210 Å². The number of alkyl halides is 6. The number of nitrogens with two attached hydrogens (primary N) is 1. The molecule has 11 rings (SSSR count). The van der Waals surface area contributed by atoms with E-state index in [9.17, 15) is 107 Å². The number of nitrogen functional groups attached to an aromatic ring is 1. The number of ketones is 1. The fourth-order valence-corrected chi connectivity index (χ4v) is 14.1. The topological polar surface area (TPSA) is 502 Å². The summed E-state index contributed by atoms with van der Waals surface area (Å²) in [7, 11) is -15.2. The van der Waals surface area contributed by atoms with E-state index in [1.54, 1.807) is 46.3 Å². The van der Waals surface area contributed by atoms with Crippen LogP contribution in [0.5, 0.6) is 0 Å². The summed E-state index contributed by atoms with van der Waals surface area (Å²) in [6, 6.07) is 29.4. The molecule has 6 aliphatic heterocycles. The maximum atomic E-state index is 12.4. The number of benzene rings is 5. The van der Waals surface area contributed by atoms with E-state index in [-0.39, 0.29) is 143 Å². The largest absolute Gasteiger partial charge is 0.517 e. The third kappa shape index (κ3) is 42.9. The molecule has 6 aliphatic rings. The van der Waals surface area contributed by atoms with Crippen LogP contribution in [0.3, 0.4) is 0 Å². The first-order chi connectivity index (χ1) is 60.9. The summed E-state index contributed by atoms with van der Waals surface area (Å²) in [5, 5.41) is 66.8. The second-order valence-electron chi connectivity index (χ2n) is 35.8. The van der Waals surface area contributed by atoms with Crippen LogP contribution in [0.1, 0.15) is 174 Å². The summed E-state index contributed by atoms with van der Waals surface area (Å²) in [5.41, 5.74) is -5.04. The molecule has 0 aromatic heterocycles. The number of anilines is 2. The Kier molecular flexibility index (Phi) is 47.3. The van der Waals surface area contributed by atoms with E-state index >= 15 is 0 Å². The molecular formula is C86H116BF6N11O27PdS2Ti2. The fraction of sp³-hybridized carbons (Fsp3) is 0.477. The number of likely N-dealkylation sites (tertiary alicyclic amines) is 2. The number of carbonyl (C=O) groups is 7. The Hall–Kier alpha value is -10.7. The van der Waals surface area contributed by atoms with E-state index in [0.717, 1.165) is 65.7 Å². The standard InChI is InChI=1S/2C15H18N2O4.C15H22N2O2.3C9H15NO3.C8H5F6NO4S2.C6H6BNO4.Pd.2Ti.H2/c2*1-15(2,3)21-14(18)16-9-8-12(10-16)11-4-6-13(7-5-11)17(19)20;1-15(2,3)19-14(18)17-9-8-12(10-17)11-4-6-13(16)7-5-11;3*1-9(2,3)13-8(12)10-5-4-7(11)6-10;9-7(10,11)20(16,17)15(6-4-2-1-3-5-6)21(18,19)8(12,13)14;9-7(10)5-1-3-6(4-2-5)8(11)12;;;;/h4-7,10H,8-9H2,1-3H3;4-8H,9-10H2,1-3H3;4-7,12H,8-10,16H2,1-3H3;4-6H2,1-3H3;6,11H,4-5H2,1-3H3;4,11H,5-6H2,1-3H3;1-5H;1-4,9-10H;;;;1H. The van der Waals surface area contributed by atoms with Crippen molar-refractivity contribution < 1.29 is 205 Å². The number of ether oxygens (including phenoxy) is 6. The zero-order valence-electron chi connectivity index (χ0n) is 78.1. The number of hydrogen-bond acceptors (Lipinski definition) is 28. The number of nitro groups is 3. The second kappa shape index (κ2) is 52.2. The molecular weight excluding hydrogens is 2010 g/mol. The van der Waals surface area contributed by atoms with Crippen molar-refractivity contribution in [2.24, 2.45) is 0 Å². The summed E-state index contributed by atoms with van der Waals surface area (Å²) in [4.78, 5) is 120. The molecule has 2 fully saturated rings. The summed E-state index contributed by atoms with van der Waals surface area (Å²) >= 11 is 0. The van der Waals surface area contributed by atoms with E-state index in [2.05, 4.69) is 0 Å². The van der Waals surface area contributed by atoms with Crippen LogP contribution in [-0.2, 0) is 117 Å². The Morgan fingerprint density at radius 1 is 0.449 bits per heavy atom. The molecule has 0 aliphatic carbocycles. The molecule has 0 radical (unpaired) electrons. The molecule has 752 valence electrons. The summed E-state index contributed by atoms with van der Waals surface area (Å²) in [5.74, 6) is 0.940. The summed E-state index contributed by atoms with van der Waals surface area (Å²) < 4.78 is 149. The predicted molar refractivity (Wildman–Crippen MR) is 482 cm³/mol. The van der Waals surface area contributed by atoms with Crippen molar-refractivity contribution in [2.45, 2.75) is 201 Å². The molecule has 6 heterocycles. The van der Waals surface area contributed by atoms with Gasteiger partial charge in [-0.15, -0.1) is 3.71 Å². The number of nitrogens with zero attached hydrogens (tertiary/aromatic N) is 10. The summed E-state index contributed by atoms with van der Waals surface area (Å²) in [6.07, 6.45) is 7.22. The minimum atomic E-state index is -6.81. The molecule has 1 atom stereocenters. The van der Waals surface area contributed by atoms with Gasteiger partial charge < -0.3 is 69.1 Å². The number of amides is 6. The van der Waals surface area contributed by atoms with Gasteiger partial charge in [0.15, 0.2) is 5.78 Å². The number of hydrogen-bond donors (Lipinski definition) is 5. The fourth-order valence-electron chi connectivity index (χ4n) is 11.4. The van der Waals surface area contributed by atoms with Gasteiger partial charge in [0.25, 0.3) is 17.1 Å². The van der Waals surface area contributed by atoms with Crippen LogP contribution in [0.25, 0.3) is 11.1 Å². The predicted octanol–water partition coefficient (Wildman–Crippen LogP) is 16.4. The van der Waals surface area contributed by atoms with E-state index in [1.807, 2.05) is 155 Å². The van der Waals surface area contributed by atoms with Crippen molar-refractivity contribution in [3.8, 4) is 0 Å². The molecule has 50 heteroatoms. The number of non-ortho nitro benzene ring substituents is 3. The quantitative estimate of drug-likeness (QED) is 0.0216. The molecule has 1 unspecified atom stereocenters. The van der Waals surface area contributed by atoms with Crippen LogP contribution >= 0.6 is 0 Å². The Morgan fingerprint density at radius 3 is 1.16 bits per heavy atom. The minimum absolute atomic E-state index is 0. The number of aliphatic hydroxyl groups excluding tert-OH is 2. The van der Waals surface area contributed by atoms with Gasteiger partial charge in [-0.3, -0.25) is 49.8 Å². The molecule has 6 N–H and O–H groups in total. The molecule has 2 saturated heterocycles. The molecule has 38 nitrogen and oxygen atoms in total. The molecule has 6 amide bonds. The van der Waals surface area contributed by atoms with Gasteiger partial charge in [0, 0.05) is 191 Å². The smallest absolute Gasteiger partial charge is 0.511 e. The molecule has 5 aromatic carbocycles. The van der Waals surface area contributed by atoms with Crippen LogP contribution in [0.2, 0.25) is 0 Å². The average molecular weight is 2130 g/mol. The summed E-state index contributed by atoms with van der Waals surface area (Å²) in [6.45, 7) is 37.8.